The van der Waals surface area contributed by atoms with Crippen LogP contribution in [0.5, 0.6) is 11.5 Å². The number of ketones is 1. The Morgan fingerprint density at radius 3 is 2.71 bits per heavy atom. The van der Waals surface area contributed by atoms with Crippen LogP contribution in [0.25, 0.3) is 6.08 Å². The van der Waals surface area contributed by atoms with Crippen LogP contribution in [0.4, 0.5) is 5.69 Å². The van der Waals surface area contributed by atoms with E-state index in [0.717, 1.165) is 5.56 Å². The van der Waals surface area contributed by atoms with Gasteiger partial charge in [-0.2, -0.15) is 0 Å². The standard InChI is InChI=1S/C17H12ClNO5/c1-8-6-12-14(9(2)15(8)18)17(21)13(24-12)7-10-4-3-5-11(20)16(10)19(22)23/h3-7,20H,1-2H3/b13-7-. The fraction of sp³-hybridized carbons (Fsp3) is 0.118. The van der Waals surface area contributed by atoms with E-state index >= 15 is 0 Å². The Morgan fingerprint density at radius 2 is 2.04 bits per heavy atom. The molecule has 0 radical (unpaired) electrons. The molecule has 2 aromatic rings. The summed E-state index contributed by atoms with van der Waals surface area (Å²) in [7, 11) is 0. The lowest BCUT2D eigenvalue weighted by molar-refractivity contribution is -0.386. The molecule has 2 aromatic carbocycles. The number of hydrogen-bond acceptors (Lipinski definition) is 5. The van der Waals surface area contributed by atoms with Gasteiger partial charge in [-0.05, 0) is 49.2 Å². The second-order valence-electron chi connectivity index (χ2n) is 5.42. The van der Waals surface area contributed by atoms with E-state index in [4.69, 9.17) is 16.3 Å². The highest BCUT2D eigenvalue weighted by Crippen LogP contribution is 2.40. The molecule has 0 aliphatic carbocycles. The highest BCUT2D eigenvalue weighted by atomic mass is 35.5. The Hall–Kier alpha value is -2.86. The maximum Gasteiger partial charge on any atom is 0.317 e. The van der Waals surface area contributed by atoms with E-state index in [9.17, 15) is 20.0 Å². The molecule has 0 saturated heterocycles. The molecule has 122 valence electrons. The molecule has 0 atom stereocenters. The third kappa shape index (κ3) is 2.41. The van der Waals surface area contributed by atoms with E-state index in [2.05, 4.69) is 0 Å². The highest BCUT2D eigenvalue weighted by molar-refractivity contribution is 6.33. The van der Waals surface area contributed by atoms with Gasteiger partial charge in [-0.15, -0.1) is 0 Å². The number of benzene rings is 2. The largest absolute Gasteiger partial charge is 0.502 e. The van der Waals surface area contributed by atoms with Gasteiger partial charge in [-0.25, -0.2) is 0 Å². The summed E-state index contributed by atoms with van der Waals surface area (Å²) < 4.78 is 5.56. The van der Waals surface area contributed by atoms with Gasteiger partial charge in [-0.3, -0.25) is 14.9 Å². The predicted octanol–water partition coefficient (Wildman–Crippen LogP) is 4.19. The van der Waals surface area contributed by atoms with Crippen molar-refractivity contribution in [3.8, 4) is 11.5 Å². The number of para-hydroxylation sites is 1. The van der Waals surface area contributed by atoms with Crippen LogP contribution in [0, 0.1) is 24.0 Å². The van der Waals surface area contributed by atoms with Crippen molar-refractivity contribution in [2.24, 2.45) is 0 Å². The summed E-state index contributed by atoms with van der Waals surface area (Å²) >= 11 is 6.17. The molecule has 1 aliphatic rings. The van der Waals surface area contributed by atoms with Gasteiger partial charge in [-0.1, -0.05) is 17.7 Å². The van der Waals surface area contributed by atoms with Crippen molar-refractivity contribution in [3.05, 3.63) is 67.4 Å². The smallest absolute Gasteiger partial charge is 0.317 e. The van der Waals surface area contributed by atoms with Gasteiger partial charge >= 0.3 is 5.69 Å². The number of ether oxygens (including phenoxy) is 1. The van der Waals surface area contributed by atoms with Crippen LogP contribution in [0.3, 0.4) is 0 Å². The molecule has 0 amide bonds. The van der Waals surface area contributed by atoms with Gasteiger partial charge in [0.2, 0.25) is 5.78 Å². The topological polar surface area (TPSA) is 89.7 Å². The second kappa shape index (κ2) is 5.65. The molecule has 0 fully saturated rings. The van der Waals surface area contributed by atoms with Gasteiger partial charge in [0.1, 0.15) is 5.75 Å². The fourth-order valence-corrected chi connectivity index (χ4v) is 2.82. The van der Waals surface area contributed by atoms with Crippen LogP contribution < -0.4 is 4.74 Å². The van der Waals surface area contributed by atoms with Crippen LogP contribution in [-0.4, -0.2) is 15.8 Å². The number of halogens is 1. The lowest BCUT2D eigenvalue weighted by atomic mass is 10.0. The Morgan fingerprint density at radius 1 is 1.33 bits per heavy atom. The second-order valence-corrected chi connectivity index (χ2v) is 5.80. The number of aromatic hydroxyl groups is 1. The van der Waals surface area contributed by atoms with E-state index < -0.39 is 22.1 Å². The van der Waals surface area contributed by atoms with Crippen molar-refractivity contribution in [3.63, 3.8) is 0 Å². The van der Waals surface area contributed by atoms with E-state index in [1.165, 1.54) is 24.3 Å². The summed E-state index contributed by atoms with van der Waals surface area (Å²) in [5.41, 5.74) is 1.32. The van der Waals surface area contributed by atoms with Crippen LogP contribution in [0.1, 0.15) is 27.0 Å². The molecule has 0 spiro atoms. The molecule has 6 nitrogen and oxygen atoms in total. The number of allylic oxidation sites excluding steroid dienone is 1. The van der Waals surface area contributed by atoms with Crippen molar-refractivity contribution < 1.29 is 19.6 Å². The molecule has 0 saturated carbocycles. The third-order valence-electron chi connectivity index (χ3n) is 3.83. The minimum absolute atomic E-state index is 0.0523. The summed E-state index contributed by atoms with van der Waals surface area (Å²) in [4.78, 5) is 23.0. The predicted molar refractivity (Wildman–Crippen MR) is 88.6 cm³/mol. The molecule has 24 heavy (non-hydrogen) atoms. The fourth-order valence-electron chi connectivity index (χ4n) is 2.67. The number of phenolic OH excluding ortho intramolecular Hbond substituents is 1. The number of fused-ring (bicyclic) bond motifs is 1. The normalized spacial score (nSPS) is 14.6. The van der Waals surface area contributed by atoms with Crippen molar-refractivity contribution in [2.45, 2.75) is 13.8 Å². The zero-order chi connectivity index (χ0) is 17.6. The van der Waals surface area contributed by atoms with Gasteiger partial charge in [0.15, 0.2) is 11.5 Å². The number of phenols is 1. The number of nitro benzene ring substituents is 1. The number of nitro groups is 1. The lowest BCUT2D eigenvalue weighted by Gasteiger charge is -2.05. The maximum atomic E-state index is 12.6. The molecule has 3 rings (SSSR count). The number of hydrogen-bond donors (Lipinski definition) is 1. The number of nitrogens with zero attached hydrogens (tertiary/aromatic N) is 1. The Balaban J connectivity index is 2.13. The van der Waals surface area contributed by atoms with Gasteiger partial charge in [0.25, 0.3) is 0 Å². The number of carbonyl (C=O) groups is 1. The minimum Gasteiger partial charge on any atom is -0.502 e. The molecule has 0 unspecified atom stereocenters. The number of Topliss-reactive ketones (excluding diaryl/α,β-unsaturated/α-hetero) is 1. The summed E-state index contributed by atoms with van der Waals surface area (Å²) in [5, 5.41) is 21.3. The average Bonchev–Trinajstić information content (AvgIpc) is 2.80. The van der Waals surface area contributed by atoms with E-state index in [1.807, 2.05) is 0 Å². The van der Waals surface area contributed by atoms with Crippen LogP contribution >= 0.6 is 11.6 Å². The first kappa shape index (κ1) is 16.0. The van der Waals surface area contributed by atoms with Gasteiger partial charge < -0.3 is 9.84 Å². The molecule has 7 heteroatoms. The average molecular weight is 346 g/mol. The van der Waals surface area contributed by atoms with Gasteiger partial charge in [0.05, 0.1) is 16.1 Å². The zero-order valence-electron chi connectivity index (χ0n) is 12.8. The first-order valence-corrected chi connectivity index (χ1v) is 7.39. The van der Waals surface area contributed by atoms with E-state index in [-0.39, 0.29) is 11.3 Å². The third-order valence-corrected chi connectivity index (χ3v) is 4.41. The molecule has 0 aromatic heterocycles. The molecular weight excluding hydrogens is 334 g/mol. The van der Waals surface area contributed by atoms with Gasteiger partial charge in [0, 0.05) is 5.02 Å². The summed E-state index contributed by atoms with van der Waals surface area (Å²) in [6, 6.07) is 5.74. The lowest BCUT2D eigenvalue weighted by Crippen LogP contribution is -2.01. The quantitative estimate of drug-likeness (QED) is 0.501. The van der Waals surface area contributed by atoms with Crippen molar-refractivity contribution >= 4 is 29.1 Å². The van der Waals surface area contributed by atoms with Crippen LogP contribution in [-0.2, 0) is 0 Å². The molecule has 1 N–H and O–H groups in total. The first-order chi connectivity index (χ1) is 11.3. The maximum absolute atomic E-state index is 12.6. The van der Waals surface area contributed by atoms with Crippen molar-refractivity contribution in [1.29, 1.82) is 0 Å². The molecule has 1 heterocycles. The Kier molecular flexibility index (Phi) is 3.77. The first-order valence-electron chi connectivity index (χ1n) is 7.01. The number of rotatable bonds is 2. The summed E-state index contributed by atoms with van der Waals surface area (Å²) in [5.74, 6) is -0.564. The summed E-state index contributed by atoms with van der Waals surface area (Å²) in [6.07, 6.45) is 1.25. The summed E-state index contributed by atoms with van der Waals surface area (Å²) in [6.45, 7) is 3.51. The highest BCUT2D eigenvalue weighted by Gasteiger charge is 2.32. The molecule has 1 aliphatic heterocycles. The SMILES string of the molecule is Cc1cc2c(c(C)c1Cl)C(=O)/C(=C/c1cccc(O)c1[N+](=O)[O-])O2. The van der Waals surface area contributed by atoms with E-state index in [0.29, 0.717) is 21.9 Å². The van der Waals surface area contributed by atoms with Crippen LogP contribution in [0.15, 0.2) is 30.0 Å². The zero-order valence-corrected chi connectivity index (χ0v) is 13.5. The molecular formula is C17H12ClNO5. The van der Waals surface area contributed by atoms with Crippen molar-refractivity contribution in [2.75, 3.05) is 0 Å². The van der Waals surface area contributed by atoms with Crippen molar-refractivity contribution in [1.82, 2.24) is 0 Å². The Bertz CT molecular complexity index is 933. The Labute approximate surface area is 142 Å². The monoisotopic (exact) mass is 345 g/mol. The molecule has 0 bridgehead atoms. The number of aryl methyl sites for hydroxylation is 1. The minimum atomic E-state index is -0.708. The van der Waals surface area contributed by atoms with Crippen LogP contribution in [0.2, 0.25) is 5.02 Å². The van der Waals surface area contributed by atoms with E-state index in [1.54, 1.807) is 19.9 Å². The number of carbonyl (C=O) groups excluding carboxylic acids is 1.